The van der Waals surface area contributed by atoms with E-state index >= 15 is 0 Å². The van der Waals surface area contributed by atoms with Gasteiger partial charge in [0.25, 0.3) is 5.91 Å². The number of aryl methyl sites for hydroxylation is 2. The van der Waals surface area contributed by atoms with Crippen LogP contribution in [0.5, 0.6) is 5.75 Å². The highest BCUT2D eigenvalue weighted by Crippen LogP contribution is 2.34. The molecule has 2 aromatic carbocycles. The van der Waals surface area contributed by atoms with Crippen LogP contribution in [-0.2, 0) is 6.61 Å². The topological polar surface area (TPSA) is 51.2 Å². The zero-order valence-electron chi connectivity index (χ0n) is 19.6. The van der Waals surface area contributed by atoms with Gasteiger partial charge in [0, 0.05) is 22.5 Å². The molecule has 3 rings (SSSR count). The number of amides is 1. The molecule has 0 atom stereocenters. The van der Waals surface area contributed by atoms with Gasteiger partial charge in [0.1, 0.15) is 17.9 Å². The first-order chi connectivity index (χ1) is 15.2. The molecule has 3 aromatic rings. The van der Waals surface area contributed by atoms with Crippen LogP contribution in [0.15, 0.2) is 48.5 Å². The summed E-state index contributed by atoms with van der Waals surface area (Å²) < 4.78 is 6.10. The molecule has 0 aliphatic carbocycles. The highest BCUT2D eigenvalue weighted by Gasteiger charge is 2.22. The average molecular weight is 451 g/mol. The molecule has 1 amide bonds. The van der Waals surface area contributed by atoms with Crippen LogP contribution in [0, 0.1) is 13.8 Å². The lowest BCUT2D eigenvalue weighted by Crippen LogP contribution is -2.19. The highest BCUT2D eigenvalue weighted by molar-refractivity contribution is 6.30. The maximum atomic E-state index is 13.5. The second-order valence-electron chi connectivity index (χ2n) is 8.71. The second kappa shape index (κ2) is 10.2. The Labute approximate surface area is 196 Å². The van der Waals surface area contributed by atoms with E-state index in [1.54, 1.807) is 0 Å². The number of nitrogens with one attached hydrogen (secondary N) is 1. The Morgan fingerprint density at radius 1 is 1.00 bits per heavy atom. The normalized spacial score (nSPS) is 11.2. The predicted molar refractivity (Wildman–Crippen MR) is 132 cm³/mol. The maximum Gasteiger partial charge on any atom is 0.261 e. The van der Waals surface area contributed by atoms with Crippen molar-refractivity contribution in [2.75, 3.05) is 5.32 Å². The summed E-state index contributed by atoms with van der Waals surface area (Å²) in [6.45, 7) is 12.6. The lowest BCUT2D eigenvalue weighted by Gasteiger charge is -2.21. The fourth-order valence-corrected chi connectivity index (χ4v) is 3.92. The summed E-state index contributed by atoms with van der Waals surface area (Å²) >= 11 is 5.98. The Balaban J connectivity index is 1.96. The molecule has 0 aliphatic heterocycles. The van der Waals surface area contributed by atoms with Crippen molar-refractivity contribution in [3.63, 3.8) is 0 Å². The van der Waals surface area contributed by atoms with Crippen molar-refractivity contribution in [3.05, 3.63) is 87.2 Å². The van der Waals surface area contributed by atoms with Crippen LogP contribution < -0.4 is 10.1 Å². The van der Waals surface area contributed by atoms with Crippen molar-refractivity contribution in [3.8, 4) is 5.75 Å². The molecule has 1 N–H and O–H groups in total. The van der Waals surface area contributed by atoms with E-state index in [2.05, 4.69) is 56.2 Å². The third-order valence-corrected chi connectivity index (χ3v) is 5.69. The van der Waals surface area contributed by atoms with Crippen LogP contribution in [0.25, 0.3) is 0 Å². The Bertz CT molecular complexity index is 1080. The third-order valence-electron chi connectivity index (χ3n) is 5.44. The van der Waals surface area contributed by atoms with Gasteiger partial charge in [-0.25, -0.2) is 0 Å². The summed E-state index contributed by atoms with van der Waals surface area (Å²) in [4.78, 5) is 18.0. The van der Waals surface area contributed by atoms with Crippen LogP contribution >= 0.6 is 11.6 Å². The number of halogens is 1. The lowest BCUT2D eigenvalue weighted by molar-refractivity contribution is 0.102. The zero-order chi connectivity index (χ0) is 23.4. The number of pyridine rings is 1. The number of hydrogen-bond acceptors (Lipinski definition) is 3. The van der Waals surface area contributed by atoms with Crippen molar-refractivity contribution in [2.24, 2.45) is 0 Å². The van der Waals surface area contributed by atoms with Gasteiger partial charge in [0.2, 0.25) is 0 Å². The number of para-hydroxylation sites is 1. The van der Waals surface area contributed by atoms with Crippen molar-refractivity contribution >= 4 is 23.2 Å². The van der Waals surface area contributed by atoms with E-state index in [0.29, 0.717) is 28.6 Å². The second-order valence-corrected chi connectivity index (χ2v) is 9.15. The minimum absolute atomic E-state index is 0.212. The number of anilines is 1. The van der Waals surface area contributed by atoms with E-state index in [1.807, 2.05) is 44.2 Å². The molecule has 32 heavy (non-hydrogen) atoms. The van der Waals surface area contributed by atoms with E-state index in [9.17, 15) is 4.79 Å². The number of carbonyl (C=O) groups is 1. The monoisotopic (exact) mass is 450 g/mol. The van der Waals surface area contributed by atoms with Crippen molar-refractivity contribution in [1.29, 1.82) is 0 Å². The number of aromatic nitrogens is 1. The first-order valence-corrected chi connectivity index (χ1v) is 11.3. The summed E-state index contributed by atoms with van der Waals surface area (Å²) in [6.07, 6.45) is 0. The molecular weight excluding hydrogens is 420 g/mol. The zero-order valence-corrected chi connectivity index (χ0v) is 20.4. The number of ether oxygens (including phenoxy) is 1. The van der Waals surface area contributed by atoms with Gasteiger partial charge in [-0.1, -0.05) is 69.6 Å². The average Bonchev–Trinajstić information content (AvgIpc) is 2.72. The first kappa shape index (κ1) is 23.8. The first-order valence-electron chi connectivity index (χ1n) is 11.0. The van der Waals surface area contributed by atoms with Crippen molar-refractivity contribution in [2.45, 2.75) is 60.0 Å². The predicted octanol–water partition coefficient (Wildman–Crippen LogP) is 7.43. The van der Waals surface area contributed by atoms with Gasteiger partial charge in [0.05, 0.1) is 5.69 Å². The largest absolute Gasteiger partial charge is 0.488 e. The van der Waals surface area contributed by atoms with E-state index in [4.69, 9.17) is 16.3 Å². The van der Waals surface area contributed by atoms with E-state index in [0.717, 1.165) is 28.1 Å². The molecule has 1 aromatic heterocycles. The van der Waals surface area contributed by atoms with Gasteiger partial charge in [-0.15, -0.1) is 0 Å². The van der Waals surface area contributed by atoms with E-state index in [-0.39, 0.29) is 17.7 Å². The minimum atomic E-state index is -0.212. The molecule has 5 heteroatoms. The molecule has 0 unspecified atom stereocenters. The summed E-state index contributed by atoms with van der Waals surface area (Å²) in [7, 11) is 0. The van der Waals surface area contributed by atoms with Gasteiger partial charge in [-0.3, -0.25) is 9.78 Å². The highest BCUT2D eigenvalue weighted by atomic mass is 35.5. The Morgan fingerprint density at radius 2 is 1.59 bits per heavy atom. The van der Waals surface area contributed by atoms with Crippen LogP contribution in [0.4, 0.5) is 5.69 Å². The molecule has 0 saturated carbocycles. The Kier molecular flexibility index (Phi) is 7.57. The molecule has 0 radical (unpaired) electrons. The molecular formula is C27H31ClN2O2. The van der Waals surface area contributed by atoms with E-state index in [1.165, 1.54) is 0 Å². The van der Waals surface area contributed by atoms with Crippen molar-refractivity contribution < 1.29 is 9.53 Å². The fraction of sp³-hybridized carbons (Fsp3) is 0.333. The van der Waals surface area contributed by atoms with Gasteiger partial charge >= 0.3 is 0 Å². The van der Waals surface area contributed by atoms with Crippen LogP contribution in [0.1, 0.15) is 78.0 Å². The van der Waals surface area contributed by atoms with Gasteiger partial charge in [0.15, 0.2) is 0 Å². The maximum absolute atomic E-state index is 13.5. The SMILES string of the molecule is Cc1cc(OCc2ccc(Cl)cc2)c(C(=O)Nc2c(C(C)C)cccc2C(C)C)c(C)n1. The molecule has 0 fully saturated rings. The summed E-state index contributed by atoms with van der Waals surface area (Å²) in [5.74, 6) is 0.871. The molecule has 168 valence electrons. The molecule has 0 aliphatic rings. The molecule has 0 bridgehead atoms. The van der Waals surface area contributed by atoms with Gasteiger partial charge in [-0.2, -0.15) is 0 Å². The summed E-state index contributed by atoms with van der Waals surface area (Å²) in [6, 6.07) is 15.5. The number of benzene rings is 2. The number of hydrogen-bond donors (Lipinski definition) is 1. The van der Waals surface area contributed by atoms with Gasteiger partial charge < -0.3 is 10.1 Å². The van der Waals surface area contributed by atoms with Crippen molar-refractivity contribution in [1.82, 2.24) is 4.98 Å². The van der Waals surface area contributed by atoms with Crippen LogP contribution in [0.2, 0.25) is 5.02 Å². The lowest BCUT2D eigenvalue weighted by atomic mass is 9.92. The van der Waals surface area contributed by atoms with Gasteiger partial charge in [-0.05, 0) is 54.5 Å². The third kappa shape index (κ3) is 5.49. The molecule has 4 nitrogen and oxygen atoms in total. The number of nitrogens with zero attached hydrogens (tertiary/aromatic N) is 1. The number of carbonyl (C=O) groups excluding carboxylic acids is 1. The molecule has 0 saturated heterocycles. The van der Waals surface area contributed by atoms with E-state index < -0.39 is 0 Å². The molecule has 1 heterocycles. The quantitative estimate of drug-likeness (QED) is 0.407. The Hall–Kier alpha value is -2.85. The summed E-state index contributed by atoms with van der Waals surface area (Å²) in [5.41, 5.74) is 5.98. The van der Waals surface area contributed by atoms with Crippen LogP contribution in [0.3, 0.4) is 0 Å². The minimum Gasteiger partial charge on any atom is -0.488 e. The fourth-order valence-electron chi connectivity index (χ4n) is 3.80. The molecule has 0 spiro atoms. The smallest absolute Gasteiger partial charge is 0.261 e. The summed E-state index contributed by atoms with van der Waals surface area (Å²) in [5, 5.41) is 3.86. The Morgan fingerprint density at radius 3 is 2.16 bits per heavy atom. The van der Waals surface area contributed by atoms with Crippen LogP contribution in [-0.4, -0.2) is 10.9 Å². The number of rotatable bonds is 7. The standard InChI is InChI=1S/C27H31ClN2O2/c1-16(2)22-8-7-9-23(17(3)4)26(22)30-27(31)25-19(6)29-18(5)14-24(25)32-15-20-10-12-21(28)13-11-20/h7-14,16-17H,15H2,1-6H3,(H,30,31).